The second-order valence-electron chi connectivity index (χ2n) is 11.3. The highest BCUT2D eigenvalue weighted by atomic mass is 32.1. The maximum atomic E-state index is 13.4. The summed E-state index contributed by atoms with van der Waals surface area (Å²) in [5, 5.41) is 11.5. The van der Waals surface area contributed by atoms with E-state index in [0.717, 1.165) is 59.9 Å². The van der Waals surface area contributed by atoms with Gasteiger partial charge in [0.2, 0.25) is 0 Å². The maximum Gasteiger partial charge on any atom is 0.194 e. The molecule has 0 saturated carbocycles. The molecule has 0 saturated heterocycles. The molecule has 0 amide bonds. The van der Waals surface area contributed by atoms with E-state index in [2.05, 4.69) is 88.8 Å². The number of benzene rings is 5. The Bertz CT molecular complexity index is 2870. The number of para-hydroxylation sites is 2. The number of rotatable bonds is 2. The van der Waals surface area contributed by atoms with Crippen LogP contribution in [0, 0.1) is 0 Å². The Morgan fingerprint density at radius 2 is 1.36 bits per heavy atom. The van der Waals surface area contributed by atoms with Crippen molar-refractivity contribution >= 4 is 97.4 Å². The lowest BCUT2D eigenvalue weighted by Gasteiger charge is -2.04. The van der Waals surface area contributed by atoms with Crippen molar-refractivity contribution < 1.29 is 4.42 Å². The average Bonchev–Trinajstić information content (AvgIpc) is 3.81. The molecule has 206 valence electrons. The van der Waals surface area contributed by atoms with E-state index < -0.39 is 0 Å². The molecule has 4 aromatic heterocycles. The number of aromatic nitrogens is 1. The molecule has 0 atom stereocenters. The zero-order chi connectivity index (χ0) is 28.9. The normalized spacial score (nSPS) is 12.2. The van der Waals surface area contributed by atoms with Gasteiger partial charge in [0.25, 0.3) is 0 Å². The Balaban J connectivity index is 1.19. The molecule has 0 aliphatic rings. The fourth-order valence-electron chi connectivity index (χ4n) is 6.84. The standard InChI is InChI=1S/C39H21NO2S2/c41-37-25-8-2-1-7-22(25)13-14-23-19-24(15-16-26(23)37)30-21-43-34-20-35(44-39(30)34)40-31-11-5-3-10-29(31)36-32(40)18-17-28-27-9-4-6-12-33(27)42-38(28)36/h1-21H. The maximum absolute atomic E-state index is 13.4. The van der Waals surface area contributed by atoms with Gasteiger partial charge in [-0.05, 0) is 58.8 Å². The van der Waals surface area contributed by atoms with Gasteiger partial charge >= 0.3 is 0 Å². The molecule has 10 rings (SSSR count). The Morgan fingerprint density at radius 1 is 0.614 bits per heavy atom. The van der Waals surface area contributed by atoms with Crippen LogP contribution in [0.3, 0.4) is 0 Å². The van der Waals surface area contributed by atoms with Gasteiger partial charge in [-0.15, -0.1) is 22.7 Å². The topological polar surface area (TPSA) is 35.1 Å². The van der Waals surface area contributed by atoms with Crippen LogP contribution in [-0.2, 0) is 0 Å². The number of fused-ring (bicyclic) bond motifs is 10. The fraction of sp³-hybridized carbons (Fsp3) is 0. The number of nitrogens with zero attached hydrogens (tertiary/aromatic N) is 1. The zero-order valence-corrected chi connectivity index (χ0v) is 24.8. The molecule has 6 aromatic carbocycles. The summed E-state index contributed by atoms with van der Waals surface area (Å²) in [5.41, 5.74) is 6.55. The highest BCUT2D eigenvalue weighted by Gasteiger charge is 2.20. The van der Waals surface area contributed by atoms with Crippen molar-refractivity contribution in [2.45, 2.75) is 0 Å². The van der Waals surface area contributed by atoms with E-state index in [-0.39, 0.29) is 5.43 Å². The van der Waals surface area contributed by atoms with Gasteiger partial charge in [-0.1, -0.05) is 78.9 Å². The molecule has 3 nitrogen and oxygen atoms in total. The van der Waals surface area contributed by atoms with E-state index in [0.29, 0.717) is 0 Å². The molecule has 5 heteroatoms. The predicted molar refractivity (Wildman–Crippen MR) is 188 cm³/mol. The van der Waals surface area contributed by atoms with E-state index in [1.807, 2.05) is 53.8 Å². The first kappa shape index (κ1) is 24.2. The summed E-state index contributed by atoms with van der Waals surface area (Å²) in [5.74, 6) is 0. The van der Waals surface area contributed by atoms with Crippen LogP contribution in [-0.4, -0.2) is 4.57 Å². The molecule has 0 bridgehead atoms. The second kappa shape index (κ2) is 8.89. The molecular weight excluding hydrogens is 579 g/mol. The van der Waals surface area contributed by atoms with Gasteiger partial charge in [-0.25, -0.2) is 0 Å². The third-order valence-electron chi connectivity index (χ3n) is 8.89. The monoisotopic (exact) mass is 599 g/mol. The SMILES string of the molecule is O=c1c2ccccc2ccc2cc(-c3csc4cc(-n5c6ccccc6c6c7oc8ccccc8c7ccc65)sc34)ccc12. The summed E-state index contributed by atoms with van der Waals surface area (Å²) in [6.07, 6.45) is 0. The van der Waals surface area contributed by atoms with Crippen molar-refractivity contribution in [1.29, 1.82) is 0 Å². The Labute approximate surface area is 258 Å². The summed E-state index contributed by atoms with van der Waals surface area (Å²) in [6, 6.07) is 41.8. The van der Waals surface area contributed by atoms with E-state index in [1.165, 1.54) is 30.9 Å². The summed E-state index contributed by atoms with van der Waals surface area (Å²) >= 11 is 3.58. The zero-order valence-electron chi connectivity index (χ0n) is 23.2. The first-order valence-corrected chi connectivity index (χ1v) is 16.2. The number of hydrogen-bond acceptors (Lipinski definition) is 4. The van der Waals surface area contributed by atoms with Crippen molar-refractivity contribution in [3.63, 3.8) is 0 Å². The van der Waals surface area contributed by atoms with Crippen molar-refractivity contribution in [2.75, 3.05) is 0 Å². The first-order chi connectivity index (χ1) is 21.7. The van der Waals surface area contributed by atoms with Gasteiger partial charge in [0.05, 0.1) is 21.1 Å². The molecule has 0 aliphatic heterocycles. The van der Waals surface area contributed by atoms with Crippen LogP contribution in [0.25, 0.3) is 90.8 Å². The molecule has 0 fully saturated rings. The number of thiophene rings is 2. The van der Waals surface area contributed by atoms with Gasteiger partial charge < -0.3 is 8.98 Å². The van der Waals surface area contributed by atoms with Crippen molar-refractivity contribution in [2.24, 2.45) is 0 Å². The minimum Gasteiger partial charge on any atom is -0.455 e. The van der Waals surface area contributed by atoms with Crippen molar-refractivity contribution in [1.82, 2.24) is 4.57 Å². The van der Waals surface area contributed by atoms with Crippen LogP contribution in [0.15, 0.2) is 136 Å². The molecule has 44 heavy (non-hydrogen) atoms. The lowest BCUT2D eigenvalue weighted by atomic mass is 10.0. The Kier molecular flexibility index (Phi) is 4.90. The molecule has 0 aliphatic carbocycles. The number of hydrogen-bond donors (Lipinski definition) is 0. The van der Waals surface area contributed by atoms with Crippen LogP contribution in [0.1, 0.15) is 0 Å². The first-order valence-electron chi connectivity index (χ1n) is 14.5. The van der Waals surface area contributed by atoms with Gasteiger partial charge in [-0.3, -0.25) is 4.79 Å². The van der Waals surface area contributed by atoms with E-state index >= 15 is 0 Å². The molecule has 0 spiro atoms. The molecule has 0 unspecified atom stereocenters. The van der Waals surface area contributed by atoms with Crippen molar-refractivity contribution in [3.8, 4) is 16.1 Å². The molecule has 4 heterocycles. The lowest BCUT2D eigenvalue weighted by molar-refractivity contribution is 0.673. The van der Waals surface area contributed by atoms with Gasteiger partial charge in [0.15, 0.2) is 5.43 Å². The lowest BCUT2D eigenvalue weighted by Crippen LogP contribution is -1.97. The summed E-state index contributed by atoms with van der Waals surface area (Å²) < 4.78 is 11.4. The third kappa shape index (κ3) is 3.28. The van der Waals surface area contributed by atoms with Crippen molar-refractivity contribution in [3.05, 3.63) is 137 Å². The van der Waals surface area contributed by atoms with Gasteiger partial charge in [0.1, 0.15) is 16.2 Å². The van der Waals surface area contributed by atoms with E-state index in [4.69, 9.17) is 4.42 Å². The Morgan fingerprint density at radius 3 is 2.30 bits per heavy atom. The van der Waals surface area contributed by atoms with Gasteiger partial charge in [-0.2, -0.15) is 0 Å². The summed E-state index contributed by atoms with van der Waals surface area (Å²) in [4.78, 5) is 13.4. The molecule has 10 aromatic rings. The van der Waals surface area contributed by atoms with Crippen LogP contribution in [0.4, 0.5) is 0 Å². The van der Waals surface area contributed by atoms with Crippen LogP contribution in [0.5, 0.6) is 0 Å². The fourth-order valence-corrected chi connectivity index (χ4v) is 9.28. The van der Waals surface area contributed by atoms with E-state index in [1.54, 1.807) is 11.3 Å². The number of furan rings is 1. The Hall–Kier alpha value is -5.23. The quantitative estimate of drug-likeness (QED) is 0.198. The summed E-state index contributed by atoms with van der Waals surface area (Å²) in [6.45, 7) is 0. The predicted octanol–water partition coefficient (Wildman–Crippen LogP) is 11.3. The molecule has 0 radical (unpaired) electrons. The van der Waals surface area contributed by atoms with Crippen LogP contribution < -0.4 is 5.43 Å². The average molecular weight is 600 g/mol. The van der Waals surface area contributed by atoms with Gasteiger partial charge in [0, 0.05) is 42.6 Å². The third-order valence-corrected chi connectivity index (χ3v) is 11.1. The minimum absolute atomic E-state index is 0.0750. The smallest absolute Gasteiger partial charge is 0.194 e. The van der Waals surface area contributed by atoms with Crippen LogP contribution >= 0.6 is 22.7 Å². The highest BCUT2D eigenvalue weighted by molar-refractivity contribution is 7.29. The largest absolute Gasteiger partial charge is 0.455 e. The van der Waals surface area contributed by atoms with Crippen LogP contribution in [0.2, 0.25) is 0 Å². The second-order valence-corrected chi connectivity index (χ2v) is 13.2. The minimum atomic E-state index is 0.0750. The highest BCUT2D eigenvalue weighted by Crippen LogP contribution is 2.45. The van der Waals surface area contributed by atoms with E-state index in [9.17, 15) is 4.79 Å². The molecule has 0 N–H and O–H groups in total. The molecular formula is C39H21NO2S2. The summed E-state index contributed by atoms with van der Waals surface area (Å²) in [7, 11) is 0.